The van der Waals surface area contributed by atoms with Gasteiger partial charge in [-0.2, -0.15) is 0 Å². The predicted molar refractivity (Wildman–Crippen MR) is 62.3 cm³/mol. The first kappa shape index (κ1) is 14.0. The summed E-state index contributed by atoms with van der Waals surface area (Å²) >= 11 is 0. The maximum absolute atomic E-state index is 11.0. The summed E-state index contributed by atoms with van der Waals surface area (Å²) in [5, 5.41) is 0. The SMILES string of the molecule is C#CC(C)(CC)CCCCC(=O)OCC. The monoisotopic (exact) mass is 210 g/mol. The summed E-state index contributed by atoms with van der Waals surface area (Å²) in [6, 6.07) is 0. The van der Waals surface area contributed by atoms with Gasteiger partial charge in [0.1, 0.15) is 0 Å². The van der Waals surface area contributed by atoms with Crippen LogP contribution in [0.15, 0.2) is 0 Å². The lowest BCUT2D eigenvalue weighted by Gasteiger charge is -2.20. The fraction of sp³-hybridized carbons (Fsp3) is 0.769. The third-order valence-electron chi connectivity index (χ3n) is 2.79. The van der Waals surface area contributed by atoms with Gasteiger partial charge in [-0.05, 0) is 33.1 Å². The van der Waals surface area contributed by atoms with E-state index in [9.17, 15) is 4.79 Å². The van der Waals surface area contributed by atoms with E-state index >= 15 is 0 Å². The lowest BCUT2D eigenvalue weighted by Crippen LogP contribution is -2.12. The van der Waals surface area contributed by atoms with Gasteiger partial charge in [0.25, 0.3) is 0 Å². The van der Waals surface area contributed by atoms with Crippen LogP contribution in [0.4, 0.5) is 0 Å². The Morgan fingerprint density at radius 1 is 1.40 bits per heavy atom. The fourth-order valence-corrected chi connectivity index (χ4v) is 1.37. The number of carbonyl (C=O) groups excluding carboxylic acids is 1. The van der Waals surface area contributed by atoms with Crippen molar-refractivity contribution in [1.29, 1.82) is 0 Å². The van der Waals surface area contributed by atoms with Crippen LogP contribution in [0.25, 0.3) is 0 Å². The van der Waals surface area contributed by atoms with Crippen LogP contribution in [-0.2, 0) is 9.53 Å². The molecule has 1 unspecified atom stereocenters. The second-order valence-electron chi connectivity index (χ2n) is 4.07. The van der Waals surface area contributed by atoms with Gasteiger partial charge in [-0.15, -0.1) is 12.3 Å². The zero-order valence-corrected chi connectivity index (χ0v) is 10.1. The third kappa shape index (κ3) is 6.17. The molecule has 0 bridgehead atoms. The molecule has 0 heterocycles. The normalized spacial score (nSPS) is 14.0. The van der Waals surface area contributed by atoms with Crippen molar-refractivity contribution in [1.82, 2.24) is 0 Å². The predicted octanol–water partition coefficient (Wildman–Crippen LogP) is 3.16. The van der Waals surface area contributed by atoms with Gasteiger partial charge < -0.3 is 4.74 Å². The summed E-state index contributed by atoms with van der Waals surface area (Å²) < 4.78 is 4.85. The van der Waals surface area contributed by atoms with Gasteiger partial charge in [0.15, 0.2) is 0 Å². The van der Waals surface area contributed by atoms with Crippen molar-refractivity contribution in [3.63, 3.8) is 0 Å². The van der Waals surface area contributed by atoms with Crippen LogP contribution in [0.1, 0.15) is 52.9 Å². The molecule has 0 aliphatic carbocycles. The number of rotatable bonds is 7. The van der Waals surface area contributed by atoms with E-state index in [2.05, 4.69) is 19.8 Å². The van der Waals surface area contributed by atoms with E-state index in [1.54, 1.807) is 0 Å². The van der Waals surface area contributed by atoms with Gasteiger partial charge >= 0.3 is 5.97 Å². The van der Waals surface area contributed by atoms with E-state index in [0.717, 1.165) is 25.7 Å². The summed E-state index contributed by atoms with van der Waals surface area (Å²) in [5.41, 5.74) is -0.00530. The van der Waals surface area contributed by atoms with Crippen LogP contribution >= 0.6 is 0 Å². The zero-order chi connectivity index (χ0) is 11.7. The molecule has 0 aromatic heterocycles. The highest BCUT2D eigenvalue weighted by molar-refractivity contribution is 5.69. The van der Waals surface area contributed by atoms with E-state index in [0.29, 0.717) is 13.0 Å². The van der Waals surface area contributed by atoms with Crippen molar-refractivity contribution in [3.05, 3.63) is 0 Å². The topological polar surface area (TPSA) is 26.3 Å². The van der Waals surface area contributed by atoms with Crippen molar-refractivity contribution in [3.8, 4) is 12.3 Å². The molecule has 0 aromatic rings. The minimum absolute atomic E-state index is 0.00530. The van der Waals surface area contributed by atoms with Gasteiger partial charge in [0.2, 0.25) is 0 Å². The zero-order valence-electron chi connectivity index (χ0n) is 10.1. The number of hydrogen-bond donors (Lipinski definition) is 0. The standard InChI is InChI=1S/C13H22O2/c1-5-13(4,6-2)11-9-8-10-12(14)15-7-3/h1H,6-11H2,2-4H3. The molecule has 0 spiro atoms. The Kier molecular flexibility index (Phi) is 6.86. The van der Waals surface area contributed by atoms with Gasteiger partial charge in [0, 0.05) is 11.8 Å². The maximum Gasteiger partial charge on any atom is 0.305 e. The van der Waals surface area contributed by atoms with Crippen LogP contribution in [-0.4, -0.2) is 12.6 Å². The summed E-state index contributed by atoms with van der Waals surface area (Å²) in [7, 11) is 0. The van der Waals surface area contributed by atoms with Gasteiger partial charge in [-0.25, -0.2) is 0 Å². The molecule has 15 heavy (non-hydrogen) atoms. The number of terminal acetylenes is 1. The number of carbonyl (C=O) groups is 1. The highest BCUT2D eigenvalue weighted by atomic mass is 16.5. The second-order valence-corrected chi connectivity index (χ2v) is 4.07. The highest BCUT2D eigenvalue weighted by Gasteiger charge is 2.17. The Morgan fingerprint density at radius 2 is 2.07 bits per heavy atom. The molecule has 0 aromatic carbocycles. The Balaban J connectivity index is 3.63. The number of esters is 1. The first-order chi connectivity index (χ1) is 7.08. The minimum Gasteiger partial charge on any atom is -0.466 e. The molecule has 0 N–H and O–H groups in total. The molecule has 0 saturated heterocycles. The molecular formula is C13H22O2. The maximum atomic E-state index is 11.0. The molecule has 0 radical (unpaired) electrons. The average Bonchev–Trinajstić information content (AvgIpc) is 2.24. The number of unbranched alkanes of at least 4 members (excludes halogenated alkanes) is 1. The molecule has 0 aliphatic heterocycles. The van der Waals surface area contributed by atoms with Crippen LogP contribution in [0, 0.1) is 17.8 Å². The number of ether oxygens (including phenoxy) is 1. The van der Waals surface area contributed by atoms with Crippen molar-refractivity contribution in [2.45, 2.75) is 52.9 Å². The van der Waals surface area contributed by atoms with Gasteiger partial charge in [0.05, 0.1) is 6.61 Å². The molecule has 0 saturated carbocycles. The highest BCUT2D eigenvalue weighted by Crippen LogP contribution is 2.27. The molecule has 0 fully saturated rings. The van der Waals surface area contributed by atoms with Crippen LogP contribution in [0.5, 0.6) is 0 Å². The smallest absolute Gasteiger partial charge is 0.305 e. The average molecular weight is 210 g/mol. The number of hydrogen-bond acceptors (Lipinski definition) is 2. The van der Waals surface area contributed by atoms with Gasteiger partial charge in [-0.3, -0.25) is 4.79 Å². The summed E-state index contributed by atoms with van der Waals surface area (Å²) in [5.74, 6) is 2.72. The van der Waals surface area contributed by atoms with E-state index in [4.69, 9.17) is 11.2 Å². The first-order valence-electron chi connectivity index (χ1n) is 5.71. The summed E-state index contributed by atoms with van der Waals surface area (Å²) in [6.45, 7) is 6.49. The van der Waals surface area contributed by atoms with Crippen molar-refractivity contribution in [2.24, 2.45) is 5.41 Å². The van der Waals surface area contributed by atoms with E-state index in [1.165, 1.54) is 0 Å². The molecular weight excluding hydrogens is 188 g/mol. The molecule has 2 heteroatoms. The third-order valence-corrected chi connectivity index (χ3v) is 2.79. The molecule has 0 aliphatic rings. The van der Waals surface area contributed by atoms with Crippen molar-refractivity contribution < 1.29 is 9.53 Å². The Morgan fingerprint density at radius 3 is 2.53 bits per heavy atom. The molecule has 2 nitrogen and oxygen atoms in total. The van der Waals surface area contributed by atoms with Crippen molar-refractivity contribution >= 4 is 5.97 Å². The lowest BCUT2D eigenvalue weighted by molar-refractivity contribution is -0.143. The van der Waals surface area contributed by atoms with Crippen LogP contribution < -0.4 is 0 Å². The summed E-state index contributed by atoms with van der Waals surface area (Å²) in [6.07, 6.45) is 9.82. The molecule has 86 valence electrons. The Hall–Kier alpha value is -0.970. The first-order valence-corrected chi connectivity index (χ1v) is 5.71. The Labute approximate surface area is 93.4 Å². The molecule has 0 amide bonds. The minimum atomic E-state index is -0.101. The van der Waals surface area contributed by atoms with Gasteiger partial charge in [-0.1, -0.05) is 13.3 Å². The second kappa shape index (κ2) is 7.34. The molecule has 0 rings (SSSR count). The Bertz CT molecular complexity index is 227. The quantitative estimate of drug-likeness (QED) is 0.366. The summed E-state index contributed by atoms with van der Waals surface area (Å²) in [4.78, 5) is 11.0. The fourth-order valence-electron chi connectivity index (χ4n) is 1.37. The van der Waals surface area contributed by atoms with Crippen LogP contribution in [0.2, 0.25) is 0 Å². The van der Waals surface area contributed by atoms with E-state index in [-0.39, 0.29) is 11.4 Å². The van der Waals surface area contributed by atoms with Crippen molar-refractivity contribution in [2.75, 3.05) is 6.61 Å². The van der Waals surface area contributed by atoms with E-state index in [1.807, 2.05) is 6.92 Å². The molecule has 1 atom stereocenters. The van der Waals surface area contributed by atoms with E-state index < -0.39 is 0 Å². The van der Waals surface area contributed by atoms with Crippen LogP contribution in [0.3, 0.4) is 0 Å². The largest absolute Gasteiger partial charge is 0.466 e. The lowest BCUT2D eigenvalue weighted by atomic mass is 9.83.